The molecule has 0 radical (unpaired) electrons. The fourth-order valence-electron chi connectivity index (χ4n) is 5.62. The van der Waals surface area contributed by atoms with Crippen LogP contribution in [-0.2, 0) is 80.5 Å². The summed E-state index contributed by atoms with van der Waals surface area (Å²) in [7, 11) is 0. The lowest BCUT2D eigenvalue weighted by molar-refractivity contribution is -0.632. The molecular formula is C36H11F45O17. The highest BCUT2D eigenvalue weighted by atomic mass is 19.5. The van der Waals surface area contributed by atoms with Gasteiger partial charge in [-0.05, 0) is 6.92 Å². The van der Waals surface area contributed by atoms with Gasteiger partial charge >= 0.3 is 175 Å². The van der Waals surface area contributed by atoms with Crippen LogP contribution in [0.1, 0.15) is 6.92 Å². The predicted molar refractivity (Wildman–Crippen MR) is 189 cm³/mol. The van der Waals surface area contributed by atoms with Gasteiger partial charge in [-0.15, -0.1) is 57.1 Å². The molecule has 0 aromatic rings. The molecule has 0 N–H and O–H groups in total. The third kappa shape index (κ3) is 18.6. The SMILES string of the molecule is CC1(F)C(F)(F)C(F)(F)C(F)(F)C(F)(F)C12OC(F)=C(F)O2.FC(F)(F)F.FC(F)=C1OCC(F)(F)O1.FC(F)=C1OCCO1.FC1=C(F)OC2(O1)C(F)(F)OC(F)(F)OC2(F)F.FC1=C(OC(F)(F)F)OC(F)(F)O1.FC1=COC(C(F)(F)F)(C(F)(F)F)O1.FC1=COC(F)(F)O1. The van der Waals surface area contributed by atoms with Gasteiger partial charge in [-0.2, -0.15) is 136 Å². The monoisotopic (exact) mass is 1570 g/mol. The Labute approximate surface area is 499 Å². The Kier molecular flexibility index (Phi) is 24.2. The van der Waals surface area contributed by atoms with E-state index < -0.39 is 195 Å². The van der Waals surface area contributed by atoms with E-state index >= 15 is 0 Å². The van der Waals surface area contributed by atoms with Gasteiger partial charge in [0.05, 0.1) is 0 Å². The molecule has 0 amide bonds. The van der Waals surface area contributed by atoms with E-state index in [-0.39, 0.29) is 25.7 Å². The smallest absolute Gasteiger partial charge is 0.458 e. The maximum atomic E-state index is 14.0. The molecule has 9 aliphatic rings. The largest absolute Gasteiger partial charge is 0.590 e. The summed E-state index contributed by atoms with van der Waals surface area (Å²) in [6.07, 6.45) is -55.6. The van der Waals surface area contributed by atoms with Crippen LogP contribution >= 0.6 is 0 Å². The maximum Gasteiger partial charge on any atom is 0.590 e. The number of halogens is 45. The molecule has 3 saturated heterocycles. The summed E-state index contributed by atoms with van der Waals surface area (Å²) in [4.78, 5) is 0. The minimum absolute atomic E-state index is 0.208. The Bertz CT molecular complexity index is 2930. The topological polar surface area (TPSA) is 157 Å². The lowest BCUT2D eigenvalue weighted by atomic mass is 9.71. The van der Waals surface area contributed by atoms with Crippen molar-refractivity contribution in [3.63, 3.8) is 0 Å². The molecule has 17 nitrogen and oxygen atoms in total. The highest BCUT2D eigenvalue weighted by Gasteiger charge is 3.02. The van der Waals surface area contributed by atoms with Crippen molar-refractivity contribution in [2.75, 3.05) is 19.8 Å². The zero-order valence-corrected chi connectivity index (χ0v) is 43.2. The number of hydrogen-bond acceptors (Lipinski definition) is 17. The number of alkyl halides is 34. The zero-order valence-electron chi connectivity index (χ0n) is 43.2. The van der Waals surface area contributed by atoms with Crippen LogP contribution in [0, 0.1) is 0 Å². The molecule has 2 spiro atoms. The minimum Gasteiger partial charge on any atom is -0.458 e. The molecule has 9 rings (SSSR count). The van der Waals surface area contributed by atoms with Gasteiger partial charge in [0, 0.05) is 0 Å². The molecule has 4 fully saturated rings. The second-order valence-electron chi connectivity index (χ2n) is 16.1. The van der Waals surface area contributed by atoms with Crippen LogP contribution in [0.3, 0.4) is 0 Å². The average molecular weight is 1570 g/mol. The first-order valence-electron chi connectivity index (χ1n) is 21.4. The van der Waals surface area contributed by atoms with E-state index in [1.807, 2.05) is 0 Å². The summed E-state index contributed by atoms with van der Waals surface area (Å²) >= 11 is 0. The Balaban J connectivity index is 0.000000394. The lowest BCUT2D eigenvalue weighted by Crippen LogP contribution is -2.85. The second kappa shape index (κ2) is 27.6. The van der Waals surface area contributed by atoms with E-state index in [1.54, 1.807) is 0 Å². The standard InChI is InChI=1S/C9H3F11O2.C6F8O4.C5HF7O2.C4F6O3.C4H2F4O2.C4H4F2O2.C3HF3O2.CF4/c1-4(12)5(13,14)6(15,16)7(17,18)8(19,20)9(4)21-2(10)3(11)22-9;7-1-2(8)16-3(15-1)4(9,10)17-6(13,14)18-5(3,11)12;6-2-1-13-3(14-2,4(7,8)9)5(10,11)12;5-1-2(12-3(6,7)8)13-4(9,10)11-1;5-2(6)3-9-1-4(7,8)10-3;5-3(6)4-7-1-2-8-4;4-2-1-7-3(5,6)8-2;2-1(3,4)5/h1H3;;1H;;1H2;1-2H2;1H;. The molecule has 98 heavy (non-hydrogen) atoms. The van der Waals surface area contributed by atoms with E-state index in [4.69, 9.17) is 0 Å². The van der Waals surface area contributed by atoms with Crippen molar-refractivity contribution in [2.24, 2.45) is 0 Å². The van der Waals surface area contributed by atoms with Gasteiger partial charge in [0.25, 0.3) is 5.67 Å². The Morgan fingerprint density at radius 1 is 0.388 bits per heavy atom. The number of hydrogen-bond donors (Lipinski definition) is 0. The van der Waals surface area contributed by atoms with Gasteiger partial charge in [-0.1, -0.05) is 0 Å². The van der Waals surface area contributed by atoms with Gasteiger partial charge < -0.3 is 71.1 Å². The van der Waals surface area contributed by atoms with Gasteiger partial charge in [-0.3, -0.25) is 0 Å². The van der Waals surface area contributed by atoms with E-state index in [0.29, 0.717) is 0 Å². The van der Waals surface area contributed by atoms with Crippen molar-refractivity contribution >= 4 is 0 Å². The fourth-order valence-corrected chi connectivity index (χ4v) is 5.62. The maximum absolute atomic E-state index is 14.0. The number of rotatable bonds is 1. The third-order valence-corrected chi connectivity index (χ3v) is 9.38. The number of ether oxygens (including phenoxy) is 17. The first-order valence-corrected chi connectivity index (χ1v) is 21.4. The van der Waals surface area contributed by atoms with Crippen molar-refractivity contribution in [1.82, 2.24) is 0 Å². The van der Waals surface area contributed by atoms with Crippen molar-refractivity contribution in [2.45, 2.75) is 116 Å². The molecule has 1 atom stereocenters. The van der Waals surface area contributed by atoms with Crippen LogP contribution in [-0.4, -0.2) is 129 Å². The lowest BCUT2D eigenvalue weighted by Gasteiger charge is -2.54. The molecule has 62 heteroatoms. The molecule has 0 aromatic heterocycles. The first-order chi connectivity index (χ1) is 43.2. The summed E-state index contributed by atoms with van der Waals surface area (Å²) in [5.74, 6) is -46.2. The van der Waals surface area contributed by atoms with Crippen LogP contribution in [0.2, 0.25) is 0 Å². The van der Waals surface area contributed by atoms with Gasteiger partial charge in [0.2, 0.25) is 0 Å². The van der Waals surface area contributed by atoms with Crippen molar-refractivity contribution < 1.29 is 278 Å². The normalized spacial score (nSPS) is 26.0. The van der Waals surface area contributed by atoms with E-state index in [1.165, 1.54) is 0 Å². The van der Waals surface area contributed by atoms with E-state index in [2.05, 4.69) is 80.5 Å². The Morgan fingerprint density at radius 3 is 1.00 bits per heavy atom. The minimum atomic E-state index is -6.96. The fraction of sp³-hybridized carbons (Fsp3) is 0.611. The van der Waals surface area contributed by atoms with Crippen LogP contribution in [0.15, 0.2) is 84.6 Å². The molecule has 8 heterocycles. The zero-order chi connectivity index (χ0) is 77.5. The molecule has 1 unspecified atom stereocenters. The Morgan fingerprint density at radius 2 is 0.755 bits per heavy atom. The van der Waals surface area contributed by atoms with Gasteiger partial charge in [0.1, 0.15) is 13.2 Å². The third-order valence-electron chi connectivity index (χ3n) is 9.38. The summed E-state index contributed by atoms with van der Waals surface area (Å²) in [6, 6.07) is -16.7. The van der Waals surface area contributed by atoms with E-state index in [0.717, 1.165) is 0 Å². The predicted octanol–water partition coefficient (Wildman–Crippen LogP) is 17.1. The summed E-state index contributed by atoms with van der Waals surface area (Å²) in [5.41, 5.74) is -5.44. The average Bonchev–Trinajstić information content (AvgIpc) is 1.07. The molecule has 1 saturated carbocycles. The van der Waals surface area contributed by atoms with Crippen LogP contribution < -0.4 is 0 Å². The molecular weight excluding hydrogens is 1560 g/mol. The van der Waals surface area contributed by atoms with Crippen molar-refractivity contribution in [3.05, 3.63) is 84.6 Å². The highest BCUT2D eigenvalue weighted by Crippen LogP contribution is 2.71. The summed E-state index contributed by atoms with van der Waals surface area (Å²) in [6.45, 7) is -1.42. The quantitative estimate of drug-likeness (QED) is 0.228. The molecule has 8 aliphatic heterocycles. The Hall–Kier alpha value is -8.05. The molecule has 572 valence electrons. The van der Waals surface area contributed by atoms with E-state index in [9.17, 15) is 198 Å². The van der Waals surface area contributed by atoms with Gasteiger partial charge in [-0.25, -0.2) is 13.9 Å². The molecule has 1 aliphatic carbocycles. The molecule has 0 bridgehead atoms. The summed E-state index contributed by atoms with van der Waals surface area (Å²) in [5, 5.41) is 0. The van der Waals surface area contributed by atoms with Crippen molar-refractivity contribution in [3.8, 4) is 0 Å². The first kappa shape index (κ1) is 86.0. The summed E-state index contributed by atoms with van der Waals surface area (Å²) < 4.78 is 598. The van der Waals surface area contributed by atoms with Crippen molar-refractivity contribution in [1.29, 1.82) is 0 Å². The van der Waals surface area contributed by atoms with Gasteiger partial charge in [0.15, 0.2) is 19.1 Å². The van der Waals surface area contributed by atoms with Crippen LogP contribution in [0.4, 0.5) is 198 Å². The molecule has 0 aromatic carbocycles. The van der Waals surface area contributed by atoms with Crippen LogP contribution in [0.5, 0.6) is 0 Å². The highest BCUT2D eigenvalue weighted by molar-refractivity contribution is 5.28. The van der Waals surface area contributed by atoms with Crippen LogP contribution in [0.25, 0.3) is 0 Å². The second-order valence-corrected chi connectivity index (χ2v) is 16.1.